The van der Waals surface area contributed by atoms with E-state index >= 15 is 0 Å². The number of nitrogens with zero attached hydrogens (tertiary/aromatic N) is 2. The van der Waals surface area contributed by atoms with Crippen molar-refractivity contribution in [3.05, 3.63) is 16.4 Å². The van der Waals surface area contributed by atoms with Crippen LogP contribution in [0.2, 0.25) is 5.02 Å². The van der Waals surface area contributed by atoms with E-state index < -0.39 is 0 Å². The summed E-state index contributed by atoms with van der Waals surface area (Å²) in [6, 6.07) is 0. The average Bonchev–Trinajstić information content (AvgIpc) is 2.50. The molecule has 0 radical (unpaired) electrons. The lowest BCUT2D eigenvalue weighted by Gasteiger charge is -2.40. The largest absolute Gasteiger partial charge is 0.396 e. The molecule has 90 valence electrons. The van der Waals surface area contributed by atoms with Crippen LogP contribution < -0.4 is 0 Å². The van der Waals surface area contributed by atoms with E-state index in [-0.39, 0.29) is 12.0 Å². The lowest BCUT2D eigenvalue weighted by Crippen LogP contribution is -2.36. The Morgan fingerprint density at radius 2 is 2.19 bits per heavy atom. The standard InChI is InChI=1S/C12H19ClN2O/c1-3-15-10(11(13)9(2)14-15)7-12(8-16)5-4-6-12/h16H,3-8H2,1-2H3. The summed E-state index contributed by atoms with van der Waals surface area (Å²) in [7, 11) is 0. The number of aryl methyl sites for hydroxylation is 2. The van der Waals surface area contributed by atoms with Crippen molar-refractivity contribution < 1.29 is 5.11 Å². The van der Waals surface area contributed by atoms with Gasteiger partial charge in [-0.15, -0.1) is 0 Å². The third kappa shape index (κ3) is 1.87. The molecule has 1 heterocycles. The van der Waals surface area contributed by atoms with Gasteiger partial charge in [-0.05, 0) is 38.5 Å². The van der Waals surface area contributed by atoms with Crippen LogP contribution in [0.25, 0.3) is 0 Å². The van der Waals surface area contributed by atoms with Crippen molar-refractivity contribution in [2.45, 2.75) is 46.1 Å². The molecule has 16 heavy (non-hydrogen) atoms. The van der Waals surface area contributed by atoms with Crippen LogP contribution in [0.3, 0.4) is 0 Å². The van der Waals surface area contributed by atoms with Crippen molar-refractivity contribution in [3.63, 3.8) is 0 Å². The second-order valence-electron chi connectivity index (χ2n) is 4.85. The molecule has 1 saturated carbocycles. The molecule has 1 aliphatic carbocycles. The van der Waals surface area contributed by atoms with Crippen molar-refractivity contribution >= 4 is 11.6 Å². The monoisotopic (exact) mass is 242 g/mol. The lowest BCUT2D eigenvalue weighted by molar-refractivity contribution is 0.0431. The Labute approximate surface area is 101 Å². The van der Waals surface area contributed by atoms with E-state index in [4.69, 9.17) is 11.6 Å². The molecule has 0 spiro atoms. The summed E-state index contributed by atoms with van der Waals surface area (Å²) in [5, 5.41) is 14.7. The first-order chi connectivity index (χ1) is 7.62. The van der Waals surface area contributed by atoms with Crippen molar-refractivity contribution in [3.8, 4) is 0 Å². The zero-order valence-corrected chi connectivity index (χ0v) is 10.7. The third-order valence-electron chi connectivity index (χ3n) is 3.74. The maximum absolute atomic E-state index is 9.49. The minimum absolute atomic E-state index is 0.0725. The van der Waals surface area contributed by atoms with E-state index in [9.17, 15) is 5.11 Å². The van der Waals surface area contributed by atoms with Gasteiger partial charge in [0.2, 0.25) is 0 Å². The number of hydrogen-bond donors (Lipinski definition) is 1. The second-order valence-corrected chi connectivity index (χ2v) is 5.23. The van der Waals surface area contributed by atoms with E-state index in [1.165, 1.54) is 6.42 Å². The highest BCUT2D eigenvalue weighted by molar-refractivity contribution is 6.31. The van der Waals surface area contributed by atoms with Gasteiger partial charge in [0.05, 0.1) is 16.4 Å². The molecule has 0 amide bonds. The minimum atomic E-state index is 0.0725. The lowest BCUT2D eigenvalue weighted by atomic mass is 9.66. The smallest absolute Gasteiger partial charge is 0.0847 e. The molecule has 3 nitrogen and oxygen atoms in total. The van der Waals surface area contributed by atoms with Crippen molar-refractivity contribution in [1.29, 1.82) is 0 Å². The summed E-state index contributed by atoms with van der Waals surface area (Å²) in [5.74, 6) is 0. The highest BCUT2D eigenvalue weighted by atomic mass is 35.5. The van der Waals surface area contributed by atoms with Gasteiger partial charge in [-0.25, -0.2) is 0 Å². The van der Waals surface area contributed by atoms with E-state index in [0.717, 1.165) is 42.2 Å². The summed E-state index contributed by atoms with van der Waals surface area (Å²) in [4.78, 5) is 0. The number of hydrogen-bond acceptors (Lipinski definition) is 2. The molecule has 1 aliphatic rings. The Hall–Kier alpha value is -0.540. The van der Waals surface area contributed by atoms with E-state index in [2.05, 4.69) is 12.0 Å². The Morgan fingerprint density at radius 1 is 1.50 bits per heavy atom. The van der Waals surface area contributed by atoms with Crippen LogP contribution in [0.4, 0.5) is 0 Å². The van der Waals surface area contributed by atoms with Crippen LogP contribution in [0, 0.1) is 12.3 Å². The topological polar surface area (TPSA) is 38.0 Å². The number of aromatic nitrogens is 2. The maximum atomic E-state index is 9.49. The van der Waals surface area contributed by atoms with E-state index in [0.29, 0.717) is 0 Å². The Bertz CT molecular complexity index is 377. The van der Waals surface area contributed by atoms with Gasteiger partial charge in [0, 0.05) is 13.2 Å². The fourth-order valence-corrected chi connectivity index (χ4v) is 2.66. The molecule has 0 unspecified atom stereocenters. The molecule has 0 bridgehead atoms. The van der Waals surface area contributed by atoms with Gasteiger partial charge < -0.3 is 5.11 Å². The third-order valence-corrected chi connectivity index (χ3v) is 4.24. The molecule has 0 aliphatic heterocycles. The SMILES string of the molecule is CCn1nc(C)c(Cl)c1CC1(CO)CCC1. The quantitative estimate of drug-likeness (QED) is 0.881. The molecular formula is C12H19ClN2O. The van der Waals surface area contributed by atoms with Gasteiger partial charge in [-0.1, -0.05) is 18.0 Å². The number of aliphatic hydroxyl groups excluding tert-OH is 1. The van der Waals surface area contributed by atoms with Crippen molar-refractivity contribution in [2.75, 3.05) is 6.61 Å². The average molecular weight is 243 g/mol. The van der Waals surface area contributed by atoms with Crippen molar-refractivity contribution in [2.24, 2.45) is 5.41 Å². The first-order valence-electron chi connectivity index (χ1n) is 5.94. The summed E-state index contributed by atoms with van der Waals surface area (Å²) < 4.78 is 1.97. The Kier molecular flexibility index (Phi) is 3.27. The Morgan fingerprint density at radius 3 is 2.62 bits per heavy atom. The van der Waals surface area contributed by atoms with Gasteiger partial charge in [0.15, 0.2) is 0 Å². The molecule has 4 heteroatoms. The van der Waals surface area contributed by atoms with Crippen molar-refractivity contribution in [1.82, 2.24) is 9.78 Å². The number of aliphatic hydroxyl groups is 1. The van der Waals surface area contributed by atoms with Crippen LogP contribution in [-0.2, 0) is 13.0 Å². The minimum Gasteiger partial charge on any atom is -0.396 e. The van der Waals surface area contributed by atoms with E-state index in [1.54, 1.807) is 0 Å². The second kappa shape index (κ2) is 4.38. The molecule has 2 rings (SSSR count). The van der Waals surface area contributed by atoms with Crippen LogP contribution in [0.15, 0.2) is 0 Å². The molecular weight excluding hydrogens is 224 g/mol. The first kappa shape index (κ1) is 11.9. The van der Waals surface area contributed by atoms with Crippen LogP contribution in [0.5, 0.6) is 0 Å². The van der Waals surface area contributed by atoms with Crippen LogP contribution in [-0.4, -0.2) is 21.5 Å². The highest BCUT2D eigenvalue weighted by Gasteiger charge is 2.38. The zero-order valence-electron chi connectivity index (χ0n) is 9.96. The zero-order chi connectivity index (χ0) is 11.8. The molecule has 1 N–H and O–H groups in total. The van der Waals surface area contributed by atoms with Gasteiger partial charge in [-0.3, -0.25) is 4.68 Å². The van der Waals surface area contributed by atoms with Crippen LogP contribution >= 0.6 is 11.6 Å². The normalized spacial score (nSPS) is 18.5. The predicted octanol–water partition coefficient (Wildman–Crippen LogP) is 2.57. The summed E-state index contributed by atoms with van der Waals surface area (Å²) in [5.41, 5.74) is 2.06. The van der Waals surface area contributed by atoms with Gasteiger partial charge in [0.1, 0.15) is 0 Å². The van der Waals surface area contributed by atoms with E-state index in [1.807, 2.05) is 11.6 Å². The van der Waals surface area contributed by atoms with Gasteiger partial charge >= 0.3 is 0 Å². The maximum Gasteiger partial charge on any atom is 0.0847 e. The number of halogens is 1. The van der Waals surface area contributed by atoms with Gasteiger partial charge in [0.25, 0.3) is 0 Å². The molecule has 0 saturated heterocycles. The van der Waals surface area contributed by atoms with Crippen LogP contribution in [0.1, 0.15) is 37.6 Å². The Balaban J connectivity index is 2.26. The number of rotatable bonds is 4. The molecule has 1 fully saturated rings. The summed E-state index contributed by atoms with van der Waals surface area (Å²) in [6.45, 7) is 5.10. The summed E-state index contributed by atoms with van der Waals surface area (Å²) in [6.07, 6.45) is 4.29. The summed E-state index contributed by atoms with van der Waals surface area (Å²) >= 11 is 6.27. The fourth-order valence-electron chi connectivity index (χ4n) is 2.46. The predicted molar refractivity (Wildman–Crippen MR) is 64.7 cm³/mol. The molecule has 1 aromatic heterocycles. The first-order valence-corrected chi connectivity index (χ1v) is 6.32. The fraction of sp³-hybridized carbons (Fsp3) is 0.750. The molecule has 1 aromatic rings. The highest BCUT2D eigenvalue weighted by Crippen LogP contribution is 2.44. The molecule has 0 aromatic carbocycles. The molecule has 0 atom stereocenters. The van der Waals surface area contributed by atoms with Gasteiger partial charge in [-0.2, -0.15) is 5.10 Å².